The van der Waals surface area contributed by atoms with Crippen molar-refractivity contribution in [1.82, 2.24) is 20.2 Å². The number of ether oxygens (including phenoxy) is 1. The van der Waals surface area contributed by atoms with Crippen LogP contribution in [0.2, 0.25) is 0 Å². The number of carboxylic acid groups (broad SMARTS) is 1. The number of carboxylic acids is 1. The van der Waals surface area contributed by atoms with E-state index in [0.717, 1.165) is 0 Å². The fourth-order valence-corrected chi connectivity index (χ4v) is 1.81. The molecule has 102 valence electrons. The lowest BCUT2D eigenvalue weighted by atomic mass is 9.93. The van der Waals surface area contributed by atoms with Crippen molar-refractivity contribution in [3.63, 3.8) is 0 Å². The van der Waals surface area contributed by atoms with Gasteiger partial charge in [-0.05, 0) is 37.1 Å². The molecule has 1 rings (SSSR count). The first-order valence-corrected chi connectivity index (χ1v) is 6.10. The van der Waals surface area contributed by atoms with Crippen LogP contribution < -0.4 is 0 Å². The number of hydrogen-bond donors (Lipinski definition) is 1. The van der Waals surface area contributed by atoms with E-state index in [-0.39, 0.29) is 12.7 Å². The van der Waals surface area contributed by atoms with Crippen molar-refractivity contribution in [3.8, 4) is 0 Å². The molecule has 0 radical (unpaired) electrons. The van der Waals surface area contributed by atoms with Gasteiger partial charge in [-0.25, -0.2) is 9.48 Å². The third-order valence-electron chi connectivity index (χ3n) is 3.05. The van der Waals surface area contributed by atoms with E-state index in [9.17, 15) is 9.90 Å². The zero-order valence-electron chi connectivity index (χ0n) is 11.3. The Kier molecular flexibility index (Phi) is 4.77. The summed E-state index contributed by atoms with van der Waals surface area (Å²) in [5, 5.41) is 20.7. The van der Waals surface area contributed by atoms with Gasteiger partial charge in [0.1, 0.15) is 6.61 Å². The van der Waals surface area contributed by atoms with E-state index in [4.69, 9.17) is 4.74 Å². The number of hydrogen-bond acceptors (Lipinski definition) is 5. The van der Waals surface area contributed by atoms with E-state index in [1.54, 1.807) is 0 Å². The van der Waals surface area contributed by atoms with Crippen LogP contribution in [0.3, 0.4) is 0 Å². The molecule has 0 unspecified atom stereocenters. The van der Waals surface area contributed by atoms with E-state index < -0.39 is 11.5 Å². The number of carbonyl (C=O) groups is 1. The third kappa shape index (κ3) is 2.66. The molecule has 0 aliphatic rings. The second-order valence-corrected chi connectivity index (χ2v) is 4.41. The van der Waals surface area contributed by atoms with Crippen molar-refractivity contribution in [1.29, 1.82) is 0 Å². The molecule has 1 aromatic heterocycles. The Morgan fingerprint density at radius 3 is 2.50 bits per heavy atom. The summed E-state index contributed by atoms with van der Waals surface area (Å²) in [6.45, 7) is 7.63. The van der Waals surface area contributed by atoms with Gasteiger partial charge in [0, 0.05) is 0 Å². The van der Waals surface area contributed by atoms with E-state index in [0.29, 0.717) is 18.7 Å². The fraction of sp³-hybridized carbons (Fsp3) is 0.818. The molecule has 0 fully saturated rings. The van der Waals surface area contributed by atoms with Crippen molar-refractivity contribution in [2.45, 2.75) is 58.8 Å². The molecule has 0 aliphatic heterocycles. The maximum atomic E-state index is 11.5. The molecule has 0 saturated carbocycles. The van der Waals surface area contributed by atoms with Crippen LogP contribution in [-0.2, 0) is 21.7 Å². The smallest absolute Gasteiger partial charge is 0.331 e. The maximum Gasteiger partial charge on any atom is 0.331 e. The molecular formula is C11H20N4O3. The largest absolute Gasteiger partial charge is 0.479 e. The molecule has 7 heteroatoms. The van der Waals surface area contributed by atoms with Crippen LogP contribution in [0.5, 0.6) is 0 Å². The molecular weight excluding hydrogens is 236 g/mol. The van der Waals surface area contributed by atoms with Crippen LogP contribution >= 0.6 is 0 Å². The van der Waals surface area contributed by atoms with E-state index in [1.165, 1.54) is 4.68 Å². The molecule has 0 amide bonds. The number of tetrazole rings is 1. The lowest BCUT2D eigenvalue weighted by Crippen LogP contribution is -2.43. The highest BCUT2D eigenvalue weighted by molar-refractivity contribution is 5.76. The standard InChI is InChI=1S/C11H20N4O3/c1-5-11(6-2,10(16)17)15-9(12-13-14-15)7-18-8(3)4/h8H,5-7H2,1-4H3,(H,16,17). The van der Waals surface area contributed by atoms with Gasteiger partial charge in [0.25, 0.3) is 0 Å². The van der Waals surface area contributed by atoms with Crippen LogP contribution in [0, 0.1) is 0 Å². The molecule has 1 heterocycles. The highest BCUT2D eigenvalue weighted by Gasteiger charge is 2.40. The van der Waals surface area contributed by atoms with Gasteiger partial charge in [0.15, 0.2) is 11.4 Å². The zero-order chi connectivity index (χ0) is 13.8. The zero-order valence-corrected chi connectivity index (χ0v) is 11.3. The Bertz CT molecular complexity index is 399. The van der Waals surface area contributed by atoms with Crippen LogP contribution in [0.15, 0.2) is 0 Å². The minimum atomic E-state index is -1.10. The highest BCUT2D eigenvalue weighted by Crippen LogP contribution is 2.25. The van der Waals surface area contributed by atoms with Crippen molar-refractivity contribution in [3.05, 3.63) is 5.82 Å². The lowest BCUT2D eigenvalue weighted by Gasteiger charge is -2.27. The summed E-state index contributed by atoms with van der Waals surface area (Å²) < 4.78 is 6.81. The van der Waals surface area contributed by atoms with Crippen LogP contribution in [-0.4, -0.2) is 37.4 Å². The molecule has 0 aliphatic carbocycles. The number of nitrogens with zero attached hydrogens (tertiary/aromatic N) is 4. The Labute approximate surface area is 106 Å². The summed E-state index contributed by atoms with van der Waals surface area (Å²) in [5.74, 6) is -0.486. The molecule has 1 aromatic rings. The van der Waals surface area contributed by atoms with Crippen LogP contribution in [0.25, 0.3) is 0 Å². The van der Waals surface area contributed by atoms with Gasteiger partial charge in [-0.2, -0.15) is 0 Å². The summed E-state index contributed by atoms with van der Waals surface area (Å²) in [7, 11) is 0. The normalized spacial score (nSPS) is 12.1. The second-order valence-electron chi connectivity index (χ2n) is 4.41. The lowest BCUT2D eigenvalue weighted by molar-refractivity contribution is -0.149. The Balaban J connectivity index is 3.07. The summed E-state index contributed by atoms with van der Waals surface area (Å²) in [6.07, 6.45) is 0.870. The van der Waals surface area contributed by atoms with Crippen molar-refractivity contribution in [2.75, 3.05) is 0 Å². The van der Waals surface area contributed by atoms with E-state index >= 15 is 0 Å². The average Bonchev–Trinajstić information content (AvgIpc) is 2.77. The predicted octanol–water partition coefficient (Wildman–Crippen LogP) is 1.20. The summed E-state index contributed by atoms with van der Waals surface area (Å²) in [6, 6.07) is 0. The van der Waals surface area contributed by atoms with Gasteiger partial charge in [-0.1, -0.05) is 13.8 Å². The van der Waals surface area contributed by atoms with Crippen molar-refractivity contribution < 1.29 is 14.6 Å². The first-order chi connectivity index (χ1) is 8.47. The quantitative estimate of drug-likeness (QED) is 0.788. The Morgan fingerprint density at radius 1 is 1.44 bits per heavy atom. The maximum absolute atomic E-state index is 11.5. The predicted molar refractivity (Wildman–Crippen MR) is 63.9 cm³/mol. The van der Waals surface area contributed by atoms with Crippen LogP contribution in [0.4, 0.5) is 0 Å². The summed E-state index contributed by atoms with van der Waals surface area (Å²) >= 11 is 0. The molecule has 0 atom stereocenters. The summed E-state index contributed by atoms with van der Waals surface area (Å²) in [5.41, 5.74) is -1.10. The molecule has 0 bridgehead atoms. The van der Waals surface area contributed by atoms with Crippen LogP contribution in [0.1, 0.15) is 46.4 Å². The minimum absolute atomic E-state index is 0.0395. The average molecular weight is 256 g/mol. The molecule has 0 spiro atoms. The minimum Gasteiger partial charge on any atom is -0.479 e. The molecule has 18 heavy (non-hydrogen) atoms. The number of aromatic nitrogens is 4. The topological polar surface area (TPSA) is 90.1 Å². The molecule has 7 nitrogen and oxygen atoms in total. The molecule has 0 saturated heterocycles. The first kappa shape index (κ1) is 14.6. The second kappa shape index (κ2) is 5.90. The highest BCUT2D eigenvalue weighted by atomic mass is 16.5. The van der Waals surface area contributed by atoms with E-state index in [1.807, 2.05) is 27.7 Å². The van der Waals surface area contributed by atoms with Gasteiger partial charge < -0.3 is 9.84 Å². The van der Waals surface area contributed by atoms with Gasteiger partial charge in [-0.3, -0.25) is 0 Å². The third-order valence-corrected chi connectivity index (χ3v) is 3.05. The number of rotatable bonds is 7. The SMILES string of the molecule is CCC(CC)(C(=O)O)n1nnnc1COC(C)C. The van der Waals surface area contributed by atoms with Gasteiger partial charge >= 0.3 is 5.97 Å². The monoisotopic (exact) mass is 256 g/mol. The molecule has 0 aromatic carbocycles. The van der Waals surface area contributed by atoms with E-state index in [2.05, 4.69) is 15.5 Å². The Hall–Kier alpha value is -1.50. The van der Waals surface area contributed by atoms with Gasteiger partial charge in [0.05, 0.1) is 6.10 Å². The molecule has 1 N–H and O–H groups in total. The first-order valence-electron chi connectivity index (χ1n) is 6.10. The van der Waals surface area contributed by atoms with Gasteiger partial charge in [0.2, 0.25) is 0 Å². The van der Waals surface area contributed by atoms with Crippen molar-refractivity contribution in [2.24, 2.45) is 0 Å². The van der Waals surface area contributed by atoms with Gasteiger partial charge in [-0.15, -0.1) is 5.10 Å². The van der Waals surface area contributed by atoms with Crippen molar-refractivity contribution >= 4 is 5.97 Å². The summed E-state index contributed by atoms with van der Waals surface area (Å²) in [4.78, 5) is 11.5. The Morgan fingerprint density at radius 2 is 2.06 bits per heavy atom. The fourth-order valence-electron chi connectivity index (χ4n) is 1.81. The number of aliphatic carboxylic acids is 1.